The number of benzene rings is 1. The zero-order valence-corrected chi connectivity index (χ0v) is 8.47. The van der Waals surface area contributed by atoms with Crippen LogP contribution < -0.4 is 10.1 Å². The van der Waals surface area contributed by atoms with Gasteiger partial charge in [-0.1, -0.05) is 12.1 Å². The van der Waals surface area contributed by atoms with Crippen molar-refractivity contribution in [1.82, 2.24) is 5.32 Å². The number of para-hydroxylation sites is 1. The van der Waals surface area contributed by atoms with Crippen LogP contribution in [-0.4, -0.2) is 18.8 Å². The second-order valence-corrected chi connectivity index (χ2v) is 2.90. The number of hydrogen-bond acceptors (Lipinski definition) is 2. The normalized spacial score (nSPS) is 11.0. The predicted octanol–water partition coefficient (Wildman–Crippen LogP) is 2.33. The number of nitrogens with one attached hydrogen (secondary N) is 1. The summed E-state index contributed by atoms with van der Waals surface area (Å²) < 4.78 is 39.8. The Bertz CT molecular complexity index is 377. The highest BCUT2D eigenvalue weighted by Crippen LogP contribution is 2.25. The van der Waals surface area contributed by atoms with Gasteiger partial charge in [-0.3, -0.25) is 4.79 Å². The smallest absolute Gasteiger partial charge is 0.405 e. The molecule has 0 heterocycles. The Morgan fingerprint density at radius 2 is 2.00 bits per heavy atom. The van der Waals surface area contributed by atoms with Gasteiger partial charge in [0.05, 0.1) is 5.56 Å². The van der Waals surface area contributed by atoms with E-state index in [0.717, 1.165) is 6.07 Å². The van der Waals surface area contributed by atoms with Gasteiger partial charge in [0.1, 0.15) is 5.75 Å². The molecule has 0 radical (unpaired) electrons. The summed E-state index contributed by atoms with van der Waals surface area (Å²) in [6.07, 6.45) is -4.80. The Hall–Kier alpha value is -1.72. The number of rotatable bonds is 3. The third-order valence-corrected chi connectivity index (χ3v) is 1.69. The van der Waals surface area contributed by atoms with Crippen LogP contribution in [0.3, 0.4) is 0 Å². The van der Waals surface area contributed by atoms with Crippen LogP contribution in [0.2, 0.25) is 0 Å². The van der Waals surface area contributed by atoms with Crippen molar-refractivity contribution in [2.75, 3.05) is 6.54 Å². The van der Waals surface area contributed by atoms with Gasteiger partial charge in [-0.15, -0.1) is 13.2 Å². The minimum absolute atomic E-state index is 0.137. The maximum absolute atomic E-state index is 12.0. The van der Waals surface area contributed by atoms with Crippen molar-refractivity contribution in [1.29, 1.82) is 0 Å². The average molecular weight is 233 g/mol. The first kappa shape index (κ1) is 12.4. The minimum atomic E-state index is -4.80. The number of amides is 1. The maximum Gasteiger partial charge on any atom is 0.573 e. The lowest BCUT2D eigenvalue weighted by Crippen LogP contribution is -2.25. The highest BCUT2D eigenvalue weighted by Gasteiger charge is 2.32. The molecule has 0 aliphatic carbocycles. The molecule has 0 unspecified atom stereocenters. The summed E-state index contributed by atoms with van der Waals surface area (Å²) in [5.41, 5.74) is -0.137. The van der Waals surface area contributed by atoms with E-state index in [2.05, 4.69) is 10.1 Å². The van der Waals surface area contributed by atoms with E-state index >= 15 is 0 Å². The molecule has 1 N–H and O–H groups in total. The summed E-state index contributed by atoms with van der Waals surface area (Å²) in [5, 5.41) is 2.40. The monoisotopic (exact) mass is 233 g/mol. The molecule has 1 rings (SSSR count). The largest absolute Gasteiger partial charge is 0.573 e. The van der Waals surface area contributed by atoms with E-state index in [1.807, 2.05) is 0 Å². The quantitative estimate of drug-likeness (QED) is 0.870. The van der Waals surface area contributed by atoms with Crippen molar-refractivity contribution in [2.45, 2.75) is 13.3 Å². The molecule has 0 aromatic heterocycles. The highest BCUT2D eigenvalue weighted by molar-refractivity contribution is 5.96. The molecule has 1 aromatic carbocycles. The van der Waals surface area contributed by atoms with Crippen LogP contribution in [0.5, 0.6) is 5.75 Å². The second kappa shape index (κ2) is 4.87. The fourth-order valence-corrected chi connectivity index (χ4v) is 1.12. The molecule has 0 bridgehead atoms. The average Bonchev–Trinajstić information content (AvgIpc) is 2.16. The van der Waals surface area contributed by atoms with E-state index in [-0.39, 0.29) is 5.56 Å². The number of alkyl halides is 3. The first-order chi connectivity index (χ1) is 7.44. The lowest BCUT2D eigenvalue weighted by Gasteiger charge is -2.12. The van der Waals surface area contributed by atoms with Gasteiger partial charge in [-0.2, -0.15) is 0 Å². The second-order valence-electron chi connectivity index (χ2n) is 2.90. The van der Waals surface area contributed by atoms with Gasteiger partial charge in [-0.05, 0) is 19.1 Å². The Morgan fingerprint density at radius 1 is 1.38 bits per heavy atom. The molecule has 0 aliphatic rings. The minimum Gasteiger partial charge on any atom is -0.405 e. The van der Waals surface area contributed by atoms with Gasteiger partial charge in [0, 0.05) is 6.54 Å². The maximum atomic E-state index is 12.0. The lowest BCUT2D eigenvalue weighted by molar-refractivity contribution is -0.274. The van der Waals surface area contributed by atoms with Crippen LogP contribution in [0.15, 0.2) is 24.3 Å². The highest BCUT2D eigenvalue weighted by atomic mass is 19.4. The van der Waals surface area contributed by atoms with Crippen molar-refractivity contribution >= 4 is 5.91 Å². The summed E-state index contributed by atoms with van der Waals surface area (Å²) in [5.74, 6) is -1.09. The Labute approximate surface area is 90.2 Å². The topological polar surface area (TPSA) is 38.3 Å². The lowest BCUT2D eigenvalue weighted by atomic mass is 10.2. The predicted molar refractivity (Wildman–Crippen MR) is 51.1 cm³/mol. The van der Waals surface area contributed by atoms with Crippen LogP contribution >= 0.6 is 0 Å². The van der Waals surface area contributed by atoms with Crippen molar-refractivity contribution in [3.8, 4) is 5.75 Å². The van der Waals surface area contributed by atoms with Crippen molar-refractivity contribution in [3.63, 3.8) is 0 Å². The van der Waals surface area contributed by atoms with Crippen LogP contribution in [0.25, 0.3) is 0 Å². The number of carbonyl (C=O) groups is 1. The van der Waals surface area contributed by atoms with Crippen molar-refractivity contribution < 1.29 is 22.7 Å². The zero-order chi connectivity index (χ0) is 12.2. The Kier molecular flexibility index (Phi) is 3.76. The summed E-state index contributed by atoms with van der Waals surface area (Å²) in [6, 6.07) is 5.20. The molecular weight excluding hydrogens is 223 g/mol. The van der Waals surface area contributed by atoms with E-state index in [4.69, 9.17) is 0 Å². The molecule has 16 heavy (non-hydrogen) atoms. The fraction of sp³-hybridized carbons (Fsp3) is 0.300. The van der Waals surface area contributed by atoms with Crippen LogP contribution in [-0.2, 0) is 0 Å². The number of hydrogen-bond donors (Lipinski definition) is 1. The van der Waals surface area contributed by atoms with E-state index < -0.39 is 18.0 Å². The van der Waals surface area contributed by atoms with Gasteiger partial charge in [0.2, 0.25) is 0 Å². The molecular formula is C10H10F3NO2. The Balaban J connectivity index is 2.96. The SMILES string of the molecule is CCNC(=O)c1ccccc1OC(F)(F)F. The van der Waals surface area contributed by atoms with Gasteiger partial charge < -0.3 is 10.1 Å². The van der Waals surface area contributed by atoms with E-state index in [1.165, 1.54) is 18.2 Å². The van der Waals surface area contributed by atoms with Crippen molar-refractivity contribution in [3.05, 3.63) is 29.8 Å². The molecule has 88 valence electrons. The summed E-state index contributed by atoms with van der Waals surface area (Å²) in [7, 11) is 0. The third-order valence-electron chi connectivity index (χ3n) is 1.69. The molecule has 1 aromatic rings. The van der Waals surface area contributed by atoms with E-state index in [0.29, 0.717) is 6.54 Å². The summed E-state index contributed by atoms with van der Waals surface area (Å²) in [6.45, 7) is 2.00. The van der Waals surface area contributed by atoms with Crippen LogP contribution in [0, 0.1) is 0 Å². The zero-order valence-electron chi connectivity index (χ0n) is 8.47. The molecule has 0 saturated heterocycles. The molecule has 0 atom stereocenters. The van der Waals surface area contributed by atoms with Crippen LogP contribution in [0.1, 0.15) is 17.3 Å². The first-order valence-corrected chi connectivity index (χ1v) is 4.57. The molecule has 0 saturated carbocycles. The molecule has 3 nitrogen and oxygen atoms in total. The molecule has 0 fully saturated rings. The van der Waals surface area contributed by atoms with E-state index in [1.54, 1.807) is 6.92 Å². The van der Waals surface area contributed by atoms with Gasteiger partial charge in [0.15, 0.2) is 0 Å². The molecule has 0 spiro atoms. The van der Waals surface area contributed by atoms with Gasteiger partial charge in [0.25, 0.3) is 5.91 Å². The van der Waals surface area contributed by atoms with Gasteiger partial charge >= 0.3 is 6.36 Å². The third kappa shape index (κ3) is 3.45. The number of carbonyl (C=O) groups excluding carboxylic acids is 1. The fourth-order valence-electron chi connectivity index (χ4n) is 1.12. The summed E-state index contributed by atoms with van der Waals surface area (Å²) in [4.78, 5) is 11.4. The van der Waals surface area contributed by atoms with Gasteiger partial charge in [-0.25, -0.2) is 0 Å². The van der Waals surface area contributed by atoms with E-state index in [9.17, 15) is 18.0 Å². The molecule has 0 aliphatic heterocycles. The summed E-state index contributed by atoms with van der Waals surface area (Å²) >= 11 is 0. The molecule has 6 heteroatoms. The van der Waals surface area contributed by atoms with Crippen molar-refractivity contribution in [2.24, 2.45) is 0 Å². The molecule has 1 amide bonds. The number of halogens is 3. The first-order valence-electron chi connectivity index (χ1n) is 4.57. The Morgan fingerprint density at radius 3 is 2.56 bits per heavy atom. The van der Waals surface area contributed by atoms with Crippen LogP contribution in [0.4, 0.5) is 13.2 Å². The number of ether oxygens (including phenoxy) is 1. The standard InChI is InChI=1S/C10H10F3NO2/c1-2-14-9(15)7-5-3-4-6-8(7)16-10(11,12)13/h3-6H,2H2,1H3,(H,14,15).